The summed E-state index contributed by atoms with van der Waals surface area (Å²) in [7, 11) is -3.73. The van der Waals surface area contributed by atoms with Crippen LogP contribution in [-0.4, -0.2) is 41.3 Å². The molecule has 100 valence electrons. The Morgan fingerprint density at radius 1 is 1.47 bits per heavy atom. The largest absolute Gasteiger partial charge is 0.293 e. The fraction of sp³-hybridized carbons (Fsp3) is 0.300. The maximum atomic E-state index is 11.9. The molecule has 0 bridgehead atoms. The number of hydrogen-bond donors (Lipinski definition) is 2. The summed E-state index contributed by atoms with van der Waals surface area (Å²) in [6, 6.07) is 3.48. The third kappa shape index (κ3) is 1.96. The molecule has 0 radical (unpaired) electrons. The molecular weight excluding hydrogens is 270 g/mol. The molecule has 3 heterocycles. The summed E-state index contributed by atoms with van der Waals surface area (Å²) < 4.78 is 22.6. The standard InChI is InChI=1S/C10H11N5O3S/c11-19(17,18)6-4-8(16)15(5-6)10-7-2-1-3-12-9(7)13-14-10/h1-3,6H,4-5H2,(H2,11,17,18)(H,12,13,14). The maximum Gasteiger partial charge on any atom is 0.229 e. The third-order valence-corrected chi connectivity index (χ3v) is 4.37. The summed E-state index contributed by atoms with van der Waals surface area (Å²) in [5, 5.41) is 11.6. The van der Waals surface area contributed by atoms with Gasteiger partial charge in [0.25, 0.3) is 0 Å². The Bertz CT molecular complexity index is 753. The van der Waals surface area contributed by atoms with E-state index >= 15 is 0 Å². The van der Waals surface area contributed by atoms with Crippen LogP contribution in [0.4, 0.5) is 5.82 Å². The van der Waals surface area contributed by atoms with E-state index in [9.17, 15) is 13.2 Å². The molecule has 2 aromatic heterocycles. The highest BCUT2D eigenvalue weighted by atomic mass is 32.2. The van der Waals surface area contributed by atoms with Crippen LogP contribution in [0, 0.1) is 0 Å². The summed E-state index contributed by atoms with van der Waals surface area (Å²) in [6.07, 6.45) is 1.48. The number of hydrogen-bond acceptors (Lipinski definition) is 5. The molecule has 19 heavy (non-hydrogen) atoms. The van der Waals surface area contributed by atoms with Gasteiger partial charge in [0.1, 0.15) is 5.25 Å². The van der Waals surface area contributed by atoms with Crippen LogP contribution in [0.5, 0.6) is 0 Å². The highest BCUT2D eigenvalue weighted by Crippen LogP contribution is 2.27. The van der Waals surface area contributed by atoms with Crippen LogP contribution < -0.4 is 10.0 Å². The third-order valence-electron chi connectivity index (χ3n) is 3.13. The number of fused-ring (bicyclic) bond motifs is 1. The molecule has 1 atom stereocenters. The Morgan fingerprint density at radius 2 is 2.26 bits per heavy atom. The first kappa shape index (κ1) is 12.1. The van der Waals surface area contributed by atoms with Crippen molar-refractivity contribution in [1.29, 1.82) is 0 Å². The fourth-order valence-corrected chi connectivity index (χ4v) is 2.88. The van der Waals surface area contributed by atoms with E-state index in [0.29, 0.717) is 16.9 Å². The molecule has 1 amide bonds. The van der Waals surface area contributed by atoms with Crippen molar-refractivity contribution in [2.75, 3.05) is 11.4 Å². The van der Waals surface area contributed by atoms with Gasteiger partial charge in [-0.1, -0.05) is 0 Å². The first-order valence-corrected chi connectivity index (χ1v) is 7.19. The molecule has 3 N–H and O–H groups in total. The molecule has 0 spiro atoms. The number of H-pyrrole nitrogens is 1. The number of anilines is 1. The van der Waals surface area contributed by atoms with Gasteiger partial charge in [0.05, 0.1) is 5.39 Å². The van der Waals surface area contributed by atoms with Gasteiger partial charge in [-0.05, 0) is 12.1 Å². The Hall–Kier alpha value is -2.00. The minimum atomic E-state index is -3.73. The number of aromatic nitrogens is 3. The van der Waals surface area contributed by atoms with Crippen molar-refractivity contribution in [2.45, 2.75) is 11.7 Å². The molecule has 1 aliphatic heterocycles. The first-order chi connectivity index (χ1) is 8.97. The SMILES string of the molecule is NS(=O)(=O)C1CC(=O)N(c2n[nH]c3ncccc23)C1. The van der Waals surface area contributed by atoms with Gasteiger partial charge in [-0.2, -0.15) is 5.10 Å². The lowest BCUT2D eigenvalue weighted by Gasteiger charge is -2.13. The molecule has 1 fully saturated rings. The lowest BCUT2D eigenvalue weighted by molar-refractivity contribution is -0.117. The van der Waals surface area contributed by atoms with Crippen molar-refractivity contribution in [1.82, 2.24) is 15.2 Å². The zero-order valence-corrected chi connectivity index (χ0v) is 10.6. The second-order valence-electron chi connectivity index (χ2n) is 4.37. The number of nitrogens with zero attached hydrogens (tertiary/aromatic N) is 3. The second kappa shape index (κ2) is 4.00. The number of carbonyl (C=O) groups excluding carboxylic acids is 1. The van der Waals surface area contributed by atoms with Crippen molar-refractivity contribution in [3.05, 3.63) is 18.3 Å². The Kier molecular flexibility index (Phi) is 2.54. The summed E-state index contributed by atoms with van der Waals surface area (Å²) >= 11 is 0. The fourth-order valence-electron chi connectivity index (χ4n) is 2.15. The lowest BCUT2D eigenvalue weighted by Crippen LogP contribution is -2.32. The first-order valence-electron chi connectivity index (χ1n) is 5.58. The maximum absolute atomic E-state index is 11.9. The van der Waals surface area contributed by atoms with Gasteiger partial charge in [-0.15, -0.1) is 0 Å². The summed E-state index contributed by atoms with van der Waals surface area (Å²) in [4.78, 5) is 17.3. The van der Waals surface area contributed by atoms with Crippen molar-refractivity contribution < 1.29 is 13.2 Å². The normalized spacial score (nSPS) is 20.4. The van der Waals surface area contributed by atoms with E-state index in [0.717, 1.165) is 0 Å². The summed E-state index contributed by atoms with van der Waals surface area (Å²) in [5.74, 6) is 0.0792. The predicted octanol–water partition coefficient (Wildman–Crippen LogP) is -0.648. The number of rotatable bonds is 2. The molecule has 1 aliphatic rings. The molecule has 0 aromatic carbocycles. The number of sulfonamides is 1. The summed E-state index contributed by atoms with van der Waals surface area (Å²) in [5.41, 5.74) is 0.546. The van der Waals surface area contributed by atoms with Crippen LogP contribution in [0.2, 0.25) is 0 Å². The molecule has 9 heteroatoms. The molecule has 2 aromatic rings. The number of amides is 1. The van der Waals surface area contributed by atoms with E-state index in [4.69, 9.17) is 5.14 Å². The van der Waals surface area contributed by atoms with Gasteiger partial charge in [-0.3, -0.25) is 14.8 Å². The Morgan fingerprint density at radius 3 is 2.95 bits per heavy atom. The van der Waals surface area contributed by atoms with Crippen LogP contribution in [0.1, 0.15) is 6.42 Å². The van der Waals surface area contributed by atoms with E-state index in [2.05, 4.69) is 15.2 Å². The van der Waals surface area contributed by atoms with Crippen LogP contribution >= 0.6 is 0 Å². The smallest absolute Gasteiger partial charge is 0.229 e. The number of carbonyl (C=O) groups is 1. The average Bonchev–Trinajstić information content (AvgIpc) is 2.91. The summed E-state index contributed by atoms with van der Waals surface area (Å²) in [6.45, 7) is 0.0204. The quantitative estimate of drug-likeness (QED) is 0.757. The predicted molar refractivity (Wildman–Crippen MR) is 67.8 cm³/mol. The van der Waals surface area contributed by atoms with Gasteiger partial charge < -0.3 is 0 Å². The Balaban J connectivity index is 2.01. The van der Waals surface area contributed by atoms with Crippen molar-refractivity contribution in [3.8, 4) is 0 Å². The van der Waals surface area contributed by atoms with Crippen molar-refractivity contribution >= 4 is 32.8 Å². The second-order valence-corrected chi connectivity index (χ2v) is 6.21. The molecule has 1 saturated heterocycles. The van der Waals surface area contributed by atoms with E-state index in [-0.39, 0.29) is 18.9 Å². The van der Waals surface area contributed by atoms with Crippen LogP contribution in [-0.2, 0) is 14.8 Å². The zero-order valence-electron chi connectivity index (χ0n) is 9.78. The van der Waals surface area contributed by atoms with Gasteiger partial charge in [0, 0.05) is 19.2 Å². The molecule has 0 aliphatic carbocycles. The van der Waals surface area contributed by atoms with Crippen molar-refractivity contribution in [3.63, 3.8) is 0 Å². The monoisotopic (exact) mass is 281 g/mol. The minimum Gasteiger partial charge on any atom is -0.293 e. The molecule has 0 saturated carbocycles. The number of pyridine rings is 1. The average molecular weight is 281 g/mol. The lowest BCUT2D eigenvalue weighted by atomic mass is 10.3. The number of nitrogens with two attached hydrogens (primary N) is 1. The van der Waals surface area contributed by atoms with E-state index in [1.807, 2.05) is 0 Å². The number of primary sulfonamides is 1. The van der Waals surface area contributed by atoms with Crippen LogP contribution in [0.15, 0.2) is 18.3 Å². The van der Waals surface area contributed by atoms with E-state index in [1.165, 1.54) is 4.90 Å². The van der Waals surface area contributed by atoms with Gasteiger partial charge in [0.2, 0.25) is 15.9 Å². The molecular formula is C10H11N5O3S. The highest BCUT2D eigenvalue weighted by Gasteiger charge is 2.38. The molecule has 3 rings (SSSR count). The van der Waals surface area contributed by atoms with Gasteiger partial charge in [0.15, 0.2) is 11.5 Å². The van der Waals surface area contributed by atoms with Gasteiger partial charge in [-0.25, -0.2) is 18.5 Å². The highest BCUT2D eigenvalue weighted by molar-refractivity contribution is 7.89. The topological polar surface area (TPSA) is 122 Å². The molecule has 1 unspecified atom stereocenters. The van der Waals surface area contributed by atoms with Gasteiger partial charge >= 0.3 is 0 Å². The molecule has 8 nitrogen and oxygen atoms in total. The number of aromatic amines is 1. The van der Waals surface area contributed by atoms with Crippen LogP contribution in [0.3, 0.4) is 0 Å². The number of nitrogens with one attached hydrogen (secondary N) is 1. The van der Waals surface area contributed by atoms with Crippen molar-refractivity contribution in [2.24, 2.45) is 5.14 Å². The minimum absolute atomic E-state index is 0.0204. The van der Waals surface area contributed by atoms with E-state index < -0.39 is 15.3 Å². The van der Waals surface area contributed by atoms with E-state index in [1.54, 1.807) is 18.3 Å². The zero-order chi connectivity index (χ0) is 13.6. The van der Waals surface area contributed by atoms with Crippen LogP contribution in [0.25, 0.3) is 11.0 Å². The Labute approximate surface area is 108 Å².